The van der Waals surface area contributed by atoms with Gasteiger partial charge < -0.3 is 29.7 Å². The maximum absolute atomic E-state index is 11.7. The summed E-state index contributed by atoms with van der Waals surface area (Å²) in [6.07, 6.45) is -4.60. The van der Waals surface area contributed by atoms with Gasteiger partial charge in [0.1, 0.15) is 24.0 Å². The Hall–Kier alpha value is -2.68. The van der Waals surface area contributed by atoms with Gasteiger partial charge in [-0.15, -0.1) is 0 Å². The lowest BCUT2D eigenvalue weighted by Crippen LogP contribution is -2.66. The molecule has 1 fully saturated rings. The van der Waals surface area contributed by atoms with Crippen molar-refractivity contribution in [3.8, 4) is 5.75 Å². The van der Waals surface area contributed by atoms with Crippen LogP contribution in [-0.4, -0.2) is 59.3 Å². The first-order valence-corrected chi connectivity index (χ1v) is 8.93. The third kappa shape index (κ3) is 4.41. The average Bonchev–Trinajstić information content (AvgIpc) is 2.66. The summed E-state index contributed by atoms with van der Waals surface area (Å²) < 4.78 is 16.8. The Morgan fingerprint density at radius 2 is 1.86 bits per heavy atom. The van der Waals surface area contributed by atoms with Crippen LogP contribution in [0.25, 0.3) is 10.8 Å². The van der Waals surface area contributed by atoms with Gasteiger partial charge in [-0.25, -0.2) is 0 Å². The van der Waals surface area contributed by atoms with E-state index < -0.39 is 49.1 Å². The molecule has 150 valence electrons. The van der Waals surface area contributed by atoms with E-state index in [1.165, 1.54) is 13.8 Å². The van der Waals surface area contributed by atoms with Gasteiger partial charge in [-0.3, -0.25) is 9.59 Å². The van der Waals surface area contributed by atoms with E-state index in [-0.39, 0.29) is 0 Å². The molecule has 1 amide bonds. The van der Waals surface area contributed by atoms with Gasteiger partial charge in [0.25, 0.3) is 0 Å². The molecule has 0 unspecified atom stereocenters. The van der Waals surface area contributed by atoms with Crippen LogP contribution in [0.1, 0.15) is 13.8 Å². The Morgan fingerprint density at radius 1 is 1.14 bits per heavy atom. The maximum Gasteiger partial charge on any atom is 0.303 e. The topological polar surface area (TPSA) is 114 Å². The summed E-state index contributed by atoms with van der Waals surface area (Å²) in [4.78, 5) is 23.2. The lowest BCUT2D eigenvalue weighted by atomic mass is 9.96. The number of aliphatic hydroxyl groups is 2. The number of aliphatic hydroxyl groups excluding tert-OH is 2. The van der Waals surface area contributed by atoms with E-state index in [0.717, 1.165) is 10.8 Å². The summed E-state index contributed by atoms with van der Waals surface area (Å²) in [5.74, 6) is -0.580. The highest BCUT2D eigenvalue weighted by Gasteiger charge is 2.48. The number of hydrogen-bond acceptors (Lipinski definition) is 7. The fourth-order valence-electron chi connectivity index (χ4n) is 3.26. The van der Waals surface area contributed by atoms with Crippen molar-refractivity contribution in [2.24, 2.45) is 0 Å². The molecule has 8 nitrogen and oxygen atoms in total. The highest BCUT2D eigenvalue weighted by atomic mass is 16.7. The smallest absolute Gasteiger partial charge is 0.303 e. The number of esters is 1. The minimum absolute atomic E-state index is 0.410. The van der Waals surface area contributed by atoms with Gasteiger partial charge in [-0.1, -0.05) is 30.3 Å². The molecular formula is C20H23NO7. The van der Waals surface area contributed by atoms with Crippen molar-refractivity contribution in [2.75, 3.05) is 6.61 Å². The fraction of sp³-hybridized carbons (Fsp3) is 0.400. The zero-order valence-corrected chi connectivity index (χ0v) is 15.6. The lowest BCUT2D eigenvalue weighted by Gasteiger charge is -2.43. The number of benzene rings is 2. The van der Waals surface area contributed by atoms with Crippen LogP contribution < -0.4 is 10.1 Å². The molecule has 3 N–H and O–H groups in total. The molecule has 0 aliphatic carbocycles. The van der Waals surface area contributed by atoms with Crippen LogP contribution in [0, 0.1) is 0 Å². The van der Waals surface area contributed by atoms with Crippen molar-refractivity contribution in [1.82, 2.24) is 5.32 Å². The summed E-state index contributed by atoms with van der Waals surface area (Å²) >= 11 is 0. The minimum atomic E-state index is -1.33. The van der Waals surface area contributed by atoms with E-state index in [2.05, 4.69) is 5.32 Å². The minimum Gasteiger partial charge on any atom is -0.463 e. The lowest BCUT2D eigenvalue weighted by molar-refractivity contribution is -0.249. The molecule has 1 heterocycles. The maximum atomic E-state index is 11.7. The second kappa shape index (κ2) is 8.55. The molecule has 0 aromatic heterocycles. The van der Waals surface area contributed by atoms with E-state index in [9.17, 15) is 19.8 Å². The van der Waals surface area contributed by atoms with E-state index in [1.807, 2.05) is 36.4 Å². The Kier molecular flexibility index (Phi) is 6.13. The largest absolute Gasteiger partial charge is 0.463 e. The molecule has 2 aromatic rings. The number of carbonyl (C=O) groups is 2. The zero-order chi connectivity index (χ0) is 20.3. The van der Waals surface area contributed by atoms with Crippen molar-refractivity contribution in [3.05, 3.63) is 42.5 Å². The molecular weight excluding hydrogens is 366 g/mol. The first-order chi connectivity index (χ1) is 13.4. The van der Waals surface area contributed by atoms with Crippen LogP contribution in [0.5, 0.6) is 5.75 Å². The standard InChI is InChI=1S/C20H23NO7/c1-11(23)21-17-19(26-12(2)24)18(25)16(10-22)28-20(17)27-15-8-7-13-5-3-4-6-14(13)9-15/h3-9,16-20,22,25H,10H2,1-2H3,(H,21,23)/t16-,17+,18+,19+,20-/m1/s1. The molecule has 3 rings (SSSR count). The quantitative estimate of drug-likeness (QED) is 0.646. The number of carbonyl (C=O) groups excluding carboxylic acids is 2. The Morgan fingerprint density at radius 3 is 2.50 bits per heavy atom. The van der Waals surface area contributed by atoms with Crippen molar-refractivity contribution in [2.45, 2.75) is 44.5 Å². The zero-order valence-electron chi connectivity index (χ0n) is 15.6. The van der Waals surface area contributed by atoms with Gasteiger partial charge in [-0.2, -0.15) is 0 Å². The Labute approximate surface area is 162 Å². The molecule has 0 spiro atoms. The number of rotatable bonds is 5. The van der Waals surface area contributed by atoms with Crippen molar-refractivity contribution >= 4 is 22.6 Å². The predicted octanol–water partition coefficient (Wildman–Crippen LogP) is 0.733. The van der Waals surface area contributed by atoms with Gasteiger partial charge in [-0.05, 0) is 22.9 Å². The number of nitrogens with one attached hydrogen (secondary N) is 1. The van der Waals surface area contributed by atoms with E-state index >= 15 is 0 Å². The monoisotopic (exact) mass is 389 g/mol. The molecule has 0 saturated carbocycles. The highest BCUT2D eigenvalue weighted by molar-refractivity contribution is 5.83. The van der Waals surface area contributed by atoms with Crippen LogP contribution in [0.3, 0.4) is 0 Å². The van der Waals surface area contributed by atoms with Crippen LogP contribution in [0.2, 0.25) is 0 Å². The van der Waals surface area contributed by atoms with Gasteiger partial charge in [0.05, 0.1) is 6.61 Å². The number of fused-ring (bicyclic) bond motifs is 1. The van der Waals surface area contributed by atoms with Crippen LogP contribution in [0.4, 0.5) is 0 Å². The number of hydrogen-bond donors (Lipinski definition) is 3. The van der Waals surface area contributed by atoms with Gasteiger partial charge in [0.2, 0.25) is 12.2 Å². The van der Waals surface area contributed by atoms with Crippen molar-refractivity contribution < 1.29 is 34.0 Å². The van der Waals surface area contributed by atoms with Crippen LogP contribution in [-0.2, 0) is 19.1 Å². The molecule has 1 saturated heterocycles. The first kappa shape index (κ1) is 20.1. The average molecular weight is 389 g/mol. The van der Waals surface area contributed by atoms with Crippen LogP contribution in [0.15, 0.2) is 42.5 Å². The summed E-state index contributed by atoms with van der Waals surface area (Å²) in [5.41, 5.74) is 0. The van der Waals surface area contributed by atoms with E-state index in [0.29, 0.717) is 5.75 Å². The molecule has 0 bridgehead atoms. The summed E-state index contributed by atoms with van der Waals surface area (Å²) in [6.45, 7) is 1.98. The molecule has 1 aliphatic rings. The van der Waals surface area contributed by atoms with Gasteiger partial charge in [0, 0.05) is 13.8 Å². The Balaban J connectivity index is 1.91. The predicted molar refractivity (Wildman–Crippen MR) is 99.5 cm³/mol. The molecule has 1 aliphatic heterocycles. The second-order valence-corrected chi connectivity index (χ2v) is 6.64. The molecule has 28 heavy (non-hydrogen) atoms. The van der Waals surface area contributed by atoms with Gasteiger partial charge >= 0.3 is 5.97 Å². The Bertz CT molecular complexity index is 855. The second-order valence-electron chi connectivity index (χ2n) is 6.64. The summed E-state index contributed by atoms with van der Waals surface area (Å²) in [5, 5.41) is 24.5. The highest BCUT2D eigenvalue weighted by Crippen LogP contribution is 2.28. The summed E-state index contributed by atoms with van der Waals surface area (Å²) in [7, 11) is 0. The molecule has 0 radical (unpaired) electrons. The third-order valence-electron chi connectivity index (χ3n) is 4.50. The number of ether oxygens (including phenoxy) is 3. The van der Waals surface area contributed by atoms with Crippen molar-refractivity contribution in [1.29, 1.82) is 0 Å². The van der Waals surface area contributed by atoms with Crippen molar-refractivity contribution in [3.63, 3.8) is 0 Å². The molecule has 2 aromatic carbocycles. The molecule has 5 atom stereocenters. The third-order valence-corrected chi connectivity index (χ3v) is 4.50. The van der Waals surface area contributed by atoms with Crippen LogP contribution >= 0.6 is 0 Å². The van der Waals surface area contributed by atoms with E-state index in [4.69, 9.17) is 14.2 Å². The fourth-order valence-corrected chi connectivity index (χ4v) is 3.26. The molecule has 8 heteroatoms. The van der Waals surface area contributed by atoms with Gasteiger partial charge in [0.15, 0.2) is 6.10 Å². The normalized spacial score (nSPS) is 27.2. The SMILES string of the molecule is CC(=O)N[C@@H]1[C@H](Oc2ccc3ccccc3c2)O[C@H](CO)[C@H](O)[C@H]1OC(C)=O. The van der Waals surface area contributed by atoms with E-state index in [1.54, 1.807) is 6.07 Å². The first-order valence-electron chi connectivity index (χ1n) is 8.93. The summed E-state index contributed by atoms with van der Waals surface area (Å²) in [6, 6.07) is 12.2. The number of amides is 1.